The van der Waals surface area contributed by atoms with Crippen LogP contribution in [0.15, 0.2) is 12.5 Å². The van der Waals surface area contributed by atoms with Gasteiger partial charge in [-0.2, -0.15) is 0 Å². The summed E-state index contributed by atoms with van der Waals surface area (Å²) in [6.07, 6.45) is 4.66. The number of hydrogen-bond donors (Lipinski definition) is 1. The Balaban J connectivity index is 0.000000356. The minimum absolute atomic E-state index is 0. The van der Waals surface area contributed by atoms with Gasteiger partial charge >= 0.3 is 29.6 Å². The Labute approximate surface area is 167 Å². The van der Waals surface area contributed by atoms with Gasteiger partial charge in [0, 0.05) is 28.7 Å². The van der Waals surface area contributed by atoms with Gasteiger partial charge in [-0.1, -0.05) is 0 Å². The van der Waals surface area contributed by atoms with Crippen LogP contribution in [-0.4, -0.2) is 20.3 Å². The molecule has 0 unspecified atom stereocenters. The standard InChI is InChI=1S/C10H9IN4O.IO4.Na/c11-7-3-15(5-1-6(16)2-5)10-8(7)9(12)13-4-14-10;2-1(3,4)5;/h3-5H,1-2H2,(H2,12,13,14);;/q;-1;+1. The molecule has 2 N–H and O–H groups in total. The molecule has 114 valence electrons. The summed E-state index contributed by atoms with van der Waals surface area (Å²) in [6, 6.07) is 0.243. The monoisotopic (exact) mass is 542 g/mol. The van der Waals surface area contributed by atoms with Crippen molar-refractivity contribution in [2.24, 2.45) is 0 Å². The van der Waals surface area contributed by atoms with Gasteiger partial charge in [-0.3, -0.25) is 18.5 Å². The van der Waals surface area contributed by atoms with Crippen LogP contribution in [0.3, 0.4) is 0 Å². The number of nitrogen functional groups attached to an aromatic ring is 1. The van der Waals surface area contributed by atoms with Crippen molar-refractivity contribution in [1.29, 1.82) is 0 Å². The molecule has 0 radical (unpaired) electrons. The van der Waals surface area contributed by atoms with Crippen molar-refractivity contribution >= 4 is 45.2 Å². The summed E-state index contributed by atoms with van der Waals surface area (Å²) in [6.45, 7) is 0. The zero-order valence-electron chi connectivity index (χ0n) is 11.4. The molecule has 1 aliphatic rings. The molecule has 2 heterocycles. The predicted octanol–water partition coefficient (Wildman–Crippen LogP) is -9.23. The summed E-state index contributed by atoms with van der Waals surface area (Å²) in [4.78, 5) is 19.2. The molecule has 2 aromatic heterocycles. The molecular weight excluding hydrogens is 533 g/mol. The second-order valence-electron chi connectivity index (χ2n) is 4.32. The fourth-order valence-electron chi connectivity index (χ4n) is 2.00. The summed E-state index contributed by atoms with van der Waals surface area (Å²) >= 11 is -3.72. The molecule has 1 saturated carbocycles. The zero-order valence-corrected chi connectivity index (χ0v) is 17.7. The van der Waals surface area contributed by atoms with Crippen LogP contribution in [0.2, 0.25) is 0 Å². The first kappa shape index (κ1) is 20.4. The SMILES string of the molecule is Nc1ncnc2c1c(I)cn2C1CC(=O)C1.[Na+].[O-][I+3]([O-])([O-])[O-]. The first-order valence-corrected chi connectivity index (χ1v) is 10.2. The molecule has 1 aliphatic carbocycles. The molecule has 0 bridgehead atoms. The third-order valence-corrected chi connectivity index (χ3v) is 3.73. The number of carbonyl (C=O) groups excluding carboxylic acids is 1. The summed E-state index contributed by atoms with van der Waals surface area (Å²) in [5.41, 5.74) is 6.65. The van der Waals surface area contributed by atoms with Gasteiger partial charge in [-0.15, -0.1) is 0 Å². The number of nitrogens with two attached hydrogens (primary N) is 1. The van der Waals surface area contributed by atoms with E-state index in [2.05, 4.69) is 32.6 Å². The van der Waals surface area contributed by atoms with Gasteiger partial charge < -0.3 is 10.3 Å². The van der Waals surface area contributed by atoms with E-state index in [1.807, 2.05) is 10.8 Å². The van der Waals surface area contributed by atoms with Crippen LogP contribution in [0.25, 0.3) is 11.0 Å². The van der Waals surface area contributed by atoms with Crippen LogP contribution < -0.4 is 69.1 Å². The number of carbonyl (C=O) groups is 1. The minimum atomic E-state index is -5.94. The van der Waals surface area contributed by atoms with Crippen LogP contribution in [0.5, 0.6) is 0 Å². The molecule has 0 amide bonds. The van der Waals surface area contributed by atoms with Gasteiger partial charge in [-0.25, -0.2) is 9.97 Å². The Morgan fingerprint density at radius 1 is 1.27 bits per heavy atom. The van der Waals surface area contributed by atoms with Gasteiger partial charge in [0.2, 0.25) is 0 Å². The van der Waals surface area contributed by atoms with E-state index in [4.69, 9.17) is 19.5 Å². The third kappa shape index (κ3) is 5.20. The molecule has 0 atom stereocenters. The second kappa shape index (κ2) is 7.98. The predicted molar refractivity (Wildman–Crippen MR) is 67.9 cm³/mol. The average molecular weight is 542 g/mol. The van der Waals surface area contributed by atoms with Gasteiger partial charge in [0.1, 0.15) is 43.7 Å². The van der Waals surface area contributed by atoms with E-state index in [1.165, 1.54) is 6.33 Å². The van der Waals surface area contributed by atoms with Crippen LogP contribution in [-0.2, 0) is 4.79 Å². The van der Waals surface area contributed by atoms with E-state index in [0.29, 0.717) is 24.4 Å². The van der Waals surface area contributed by atoms with Crippen LogP contribution >= 0.6 is 22.6 Å². The Bertz CT molecular complexity index is 676. The molecule has 0 aromatic carbocycles. The number of hydrogen-bond acceptors (Lipinski definition) is 8. The summed E-state index contributed by atoms with van der Waals surface area (Å²) in [7, 11) is 0. The van der Waals surface area contributed by atoms with Crippen LogP contribution in [0.4, 0.5) is 5.82 Å². The molecule has 1 fully saturated rings. The van der Waals surface area contributed by atoms with Gasteiger partial charge in [0.05, 0.1) is 5.39 Å². The smallest absolute Gasteiger partial charge is 0.383 e. The number of Topliss-reactive ketones (excluding diaryl/α,β-unsaturated/α-hetero) is 1. The van der Waals surface area contributed by atoms with Crippen molar-refractivity contribution < 1.29 is 68.2 Å². The van der Waals surface area contributed by atoms with Gasteiger partial charge in [-0.05, 0) is 22.6 Å². The first-order valence-electron chi connectivity index (χ1n) is 5.56. The van der Waals surface area contributed by atoms with Crippen LogP contribution in [0, 0.1) is 3.57 Å². The molecule has 22 heavy (non-hydrogen) atoms. The maximum absolute atomic E-state index is 11.0. The van der Waals surface area contributed by atoms with E-state index in [0.717, 1.165) is 14.6 Å². The largest absolute Gasteiger partial charge is 1.00 e. The Morgan fingerprint density at radius 2 is 1.82 bits per heavy atom. The fraction of sp³-hybridized carbons (Fsp3) is 0.300. The quantitative estimate of drug-likeness (QED) is 0.274. The van der Waals surface area contributed by atoms with Crippen molar-refractivity contribution in [3.8, 4) is 0 Å². The summed E-state index contributed by atoms with van der Waals surface area (Å²) < 4.78 is 37.5. The third-order valence-electron chi connectivity index (χ3n) is 2.91. The average Bonchev–Trinajstić information content (AvgIpc) is 2.62. The molecule has 9 nitrogen and oxygen atoms in total. The van der Waals surface area contributed by atoms with Crippen molar-refractivity contribution in [2.75, 3.05) is 5.73 Å². The Morgan fingerprint density at radius 3 is 2.32 bits per heavy atom. The number of rotatable bonds is 1. The van der Waals surface area contributed by atoms with Crippen LogP contribution in [0.1, 0.15) is 18.9 Å². The zero-order chi connectivity index (χ0) is 15.8. The van der Waals surface area contributed by atoms with Gasteiger partial charge in [0.25, 0.3) is 0 Å². The molecule has 2 aromatic rings. The van der Waals surface area contributed by atoms with Crippen molar-refractivity contribution in [3.05, 3.63) is 16.1 Å². The topological polar surface area (TPSA) is 166 Å². The Hall–Kier alpha value is 0.390. The molecule has 3 rings (SSSR count). The summed E-state index contributed by atoms with van der Waals surface area (Å²) in [5.74, 6) is 0.808. The van der Waals surface area contributed by atoms with Crippen molar-refractivity contribution in [3.63, 3.8) is 0 Å². The minimum Gasteiger partial charge on any atom is -0.383 e. The number of anilines is 1. The number of fused-ring (bicyclic) bond motifs is 1. The van der Waals surface area contributed by atoms with Crippen molar-refractivity contribution in [2.45, 2.75) is 18.9 Å². The normalized spacial score (nSPS) is 14.9. The first-order chi connectivity index (χ1) is 9.66. The maximum atomic E-state index is 11.0. The summed E-state index contributed by atoms with van der Waals surface area (Å²) in [5, 5.41) is 0.891. The maximum Gasteiger partial charge on any atom is 1.00 e. The van der Waals surface area contributed by atoms with E-state index in [-0.39, 0.29) is 35.6 Å². The number of aromatic nitrogens is 3. The molecule has 0 saturated heterocycles. The van der Waals surface area contributed by atoms with E-state index in [1.54, 1.807) is 0 Å². The number of ketones is 1. The molecule has 0 spiro atoms. The van der Waals surface area contributed by atoms with E-state index >= 15 is 0 Å². The second-order valence-corrected chi connectivity index (χ2v) is 7.64. The molecular formula is C10H9I2N4NaO5. The number of nitrogens with zero attached hydrogens (tertiary/aromatic N) is 3. The van der Waals surface area contributed by atoms with E-state index in [9.17, 15) is 4.79 Å². The van der Waals surface area contributed by atoms with Gasteiger partial charge in [0.15, 0.2) is 0 Å². The van der Waals surface area contributed by atoms with Crippen molar-refractivity contribution in [1.82, 2.24) is 14.5 Å². The molecule has 12 heteroatoms. The number of halogens is 2. The fourth-order valence-corrected chi connectivity index (χ4v) is 2.82. The molecule has 0 aliphatic heterocycles. The Kier molecular flexibility index (Phi) is 7.41. The van der Waals surface area contributed by atoms with E-state index < -0.39 is 20.1 Å².